The van der Waals surface area contributed by atoms with Gasteiger partial charge in [-0.1, -0.05) is 29.6 Å². The molecular formula is C17H17F3N6O2S2. The summed E-state index contributed by atoms with van der Waals surface area (Å²) in [6.45, 7) is 0.683. The van der Waals surface area contributed by atoms with E-state index >= 15 is 0 Å². The molecule has 13 heteroatoms. The van der Waals surface area contributed by atoms with Crippen LogP contribution in [0.3, 0.4) is 0 Å². The van der Waals surface area contributed by atoms with Gasteiger partial charge in [0.2, 0.25) is 11.8 Å². The van der Waals surface area contributed by atoms with Crippen LogP contribution in [0.5, 0.6) is 0 Å². The molecule has 0 atom stereocenters. The second-order valence-corrected chi connectivity index (χ2v) is 8.16. The quantitative estimate of drug-likeness (QED) is 0.645. The van der Waals surface area contributed by atoms with E-state index in [1.165, 1.54) is 23.9 Å². The van der Waals surface area contributed by atoms with Crippen LogP contribution >= 0.6 is 23.5 Å². The number of nitrogens with one attached hydrogen (secondary N) is 2. The number of benzene rings is 1. The van der Waals surface area contributed by atoms with Crippen molar-refractivity contribution in [2.45, 2.75) is 17.8 Å². The topological polar surface area (TPSA) is 101 Å². The Hall–Kier alpha value is -2.54. The summed E-state index contributed by atoms with van der Waals surface area (Å²) in [6.07, 6.45) is -4.67. The number of nitrogens with zero attached hydrogens (tertiary/aromatic N) is 4. The standard InChI is InChI=1S/C17H17F3N6O2S2/c1-26-12(8-13(27)22-11-4-2-3-10(7-11)17(18,19)20)24-25-16(26)30-9-14(28)23-15-21-5-6-29-15/h2-4,7H,5-6,8-9H2,1H3,(H,22,27)(H,21,23,28). The smallest absolute Gasteiger partial charge is 0.326 e. The van der Waals surface area contributed by atoms with Crippen LogP contribution in [0, 0.1) is 0 Å². The summed E-state index contributed by atoms with van der Waals surface area (Å²) in [5.41, 5.74) is -0.811. The maximum Gasteiger partial charge on any atom is 0.416 e. The molecule has 2 heterocycles. The van der Waals surface area contributed by atoms with Crippen molar-refractivity contribution in [3.05, 3.63) is 35.7 Å². The van der Waals surface area contributed by atoms with Crippen molar-refractivity contribution in [1.29, 1.82) is 0 Å². The van der Waals surface area contributed by atoms with E-state index in [1.54, 1.807) is 11.6 Å². The molecule has 1 aliphatic heterocycles. The molecule has 3 rings (SSSR count). The number of amides is 2. The fourth-order valence-corrected chi connectivity index (χ4v) is 3.92. The Labute approximate surface area is 178 Å². The average molecular weight is 458 g/mol. The lowest BCUT2D eigenvalue weighted by molar-refractivity contribution is -0.137. The number of carbonyl (C=O) groups is 2. The number of hydrogen-bond acceptors (Lipinski definition) is 7. The molecule has 30 heavy (non-hydrogen) atoms. The van der Waals surface area contributed by atoms with E-state index in [4.69, 9.17) is 0 Å². The van der Waals surface area contributed by atoms with Gasteiger partial charge in [-0.25, -0.2) is 0 Å². The van der Waals surface area contributed by atoms with Gasteiger partial charge in [0.05, 0.1) is 24.3 Å². The summed E-state index contributed by atoms with van der Waals surface area (Å²) < 4.78 is 39.9. The molecular weight excluding hydrogens is 441 g/mol. The minimum absolute atomic E-state index is 0.0379. The first-order chi connectivity index (χ1) is 14.2. The predicted octanol–water partition coefficient (Wildman–Crippen LogP) is 2.33. The molecule has 0 unspecified atom stereocenters. The van der Waals surface area contributed by atoms with Crippen LogP contribution in [0.15, 0.2) is 34.4 Å². The molecule has 8 nitrogen and oxygen atoms in total. The molecule has 0 spiro atoms. The van der Waals surface area contributed by atoms with E-state index in [0.717, 1.165) is 29.6 Å². The summed E-state index contributed by atoms with van der Waals surface area (Å²) in [5.74, 6) is 0.508. The highest BCUT2D eigenvalue weighted by molar-refractivity contribution is 8.14. The Morgan fingerprint density at radius 1 is 1.23 bits per heavy atom. The first-order valence-corrected chi connectivity index (χ1v) is 10.6. The number of aliphatic imine (C=N–C) groups is 1. The number of rotatable bonds is 6. The molecule has 0 aliphatic carbocycles. The third kappa shape index (κ3) is 5.98. The van der Waals surface area contributed by atoms with Crippen LogP contribution < -0.4 is 10.6 Å². The number of hydrogen-bond donors (Lipinski definition) is 2. The van der Waals surface area contributed by atoms with Crippen molar-refractivity contribution in [2.75, 3.05) is 23.4 Å². The Morgan fingerprint density at radius 3 is 2.73 bits per heavy atom. The minimum Gasteiger partial charge on any atom is -0.326 e. The summed E-state index contributed by atoms with van der Waals surface area (Å²) in [7, 11) is 1.64. The molecule has 0 saturated carbocycles. The number of halogens is 3. The largest absolute Gasteiger partial charge is 0.416 e. The number of aromatic nitrogens is 3. The number of alkyl halides is 3. The molecule has 0 radical (unpaired) electrons. The first-order valence-electron chi connectivity index (χ1n) is 8.67. The van der Waals surface area contributed by atoms with Crippen LogP contribution in [0.4, 0.5) is 18.9 Å². The van der Waals surface area contributed by atoms with Gasteiger partial charge < -0.3 is 15.2 Å². The van der Waals surface area contributed by atoms with E-state index in [9.17, 15) is 22.8 Å². The Morgan fingerprint density at radius 2 is 2.03 bits per heavy atom. The Balaban J connectivity index is 1.54. The zero-order valence-electron chi connectivity index (χ0n) is 15.7. The van der Waals surface area contributed by atoms with Crippen molar-refractivity contribution in [2.24, 2.45) is 12.0 Å². The summed E-state index contributed by atoms with van der Waals surface area (Å²) in [6, 6.07) is 4.38. The van der Waals surface area contributed by atoms with Gasteiger partial charge in [0.1, 0.15) is 5.82 Å². The minimum atomic E-state index is -4.49. The van der Waals surface area contributed by atoms with Gasteiger partial charge in [-0.05, 0) is 18.2 Å². The highest BCUT2D eigenvalue weighted by atomic mass is 32.2. The molecule has 2 aromatic rings. The van der Waals surface area contributed by atoms with E-state index in [-0.39, 0.29) is 23.8 Å². The van der Waals surface area contributed by atoms with Crippen molar-refractivity contribution < 1.29 is 22.8 Å². The first kappa shape index (κ1) is 22.2. The van der Waals surface area contributed by atoms with Crippen molar-refractivity contribution >= 4 is 46.2 Å². The van der Waals surface area contributed by atoms with E-state index in [0.29, 0.717) is 22.7 Å². The molecule has 1 aromatic carbocycles. The van der Waals surface area contributed by atoms with E-state index in [2.05, 4.69) is 25.8 Å². The lowest BCUT2D eigenvalue weighted by Crippen LogP contribution is -2.29. The van der Waals surface area contributed by atoms with Crippen LogP contribution in [-0.4, -0.2) is 49.8 Å². The fourth-order valence-electron chi connectivity index (χ4n) is 2.44. The monoisotopic (exact) mass is 458 g/mol. The average Bonchev–Trinajstić information content (AvgIpc) is 3.30. The third-order valence-corrected chi connectivity index (χ3v) is 5.79. The maximum atomic E-state index is 12.8. The van der Waals surface area contributed by atoms with Crippen LogP contribution in [0.25, 0.3) is 0 Å². The number of thioether (sulfide) groups is 2. The second-order valence-electron chi connectivity index (χ2n) is 6.13. The van der Waals surface area contributed by atoms with Gasteiger partial charge in [-0.2, -0.15) is 13.2 Å². The predicted molar refractivity (Wildman–Crippen MR) is 108 cm³/mol. The summed E-state index contributed by atoms with van der Waals surface area (Å²) in [5, 5.41) is 14.1. The molecule has 1 aliphatic rings. The Kier molecular flexibility index (Phi) is 7.02. The fraction of sp³-hybridized carbons (Fsp3) is 0.353. The number of carbonyl (C=O) groups excluding carboxylic acids is 2. The third-order valence-electron chi connectivity index (χ3n) is 3.88. The SMILES string of the molecule is Cn1c(CC(=O)Nc2cccc(C(F)(F)F)c2)nnc1SCC(=O)NC1=NCCS1. The van der Waals surface area contributed by atoms with E-state index in [1.807, 2.05) is 0 Å². The normalized spacial score (nSPS) is 13.8. The molecule has 160 valence electrons. The molecule has 0 bridgehead atoms. The van der Waals surface area contributed by atoms with Crippen LogP contribution in [0.1, 0.15) is 11.4 Å². The highest BCUT2D eigenvalue weighted by Gasteiger charge is 2.30. The van der Waals surface area contributed by atoms with Gasteiger partial charge in [0, 0.05) is 18.5 Å². The van der Waals surface area contributed by atoms with Crippen LogP contribution in [-0.2, 0) is 29.2 Å². The van der Waals surface area contributed by atoms with Gasteiger partial charge in [-0.15, -0.1) is 10.2 Å². The maximum absolute atomic E-state index is 12.8. The zero-order chi connectivity index (χ0) is 21.7. The Bertz CT molecular complexity index is 977. The van der Waals surface area contributed by atoms with Crippen molar-refractivity contribution in [3.8, 4) is 0 Å². The zero-order valence-corrected chi connectivity index (χ0v) is 17.3. The van der Waals surface area contributed by atoms with Gasteiger partial charge >= 0.3 is 6.18 Å². The lowest BCUT2D eigenvalue weighted by Gasteiger charge is -2.10. The second kappa shape index (κ2) is 9.51. The molecule has 2 N–H and O–H groups in total. The molecule has 0 fully saturated rings. The number of amidine groups is 1. The number of anilines is 1. The van der Waals surface area contributed by atoms with E-state index < -0.39 is 17.6 Å². The summed E-state index contributed by atoms with van der Waals surface area (Å²) in [4.78, 5) is 28.3. The molecule has 1 aromatic heterocycles. The molecule has 0 saturated heterocycles. The van der Waals surface area contributed by atoms with Crippen LogP contribution in [0.2, 0.25) is 0 Å². The van der Waals surface area contributed by atoms with Gasteiger partial charge in [-0.3, -0.25) is 14.6 Å². The lowest BCUT2D eigenvalue weighted by atomic mass is 10.2. The van der Waals surface area contributed by atoms with Crippen molar-refractivity contribution in [1.82, 2.24) is 20.1 Å². The van der Waals surface area contributed by atoms with Gasteiger partial charge in [0.25, 0.3) is 0 Å². The highest BCUT2D eigenvalue weighted by Crippen LogP contribution is 2.30. The summed E-state index contributed by atoms with van der Waals surface area (Å²) >= 11 is 2.63. The van der Waals surface area contributed by atoms with Gasteiger partial charge in [0.15, 0.2) is 10.3 Å². The molecule has 2 amide bonds. The van der Waals surface area contributed by atoms with Crippen molar-refractivity contribution in [3.63, 3.8) is 0 Å².